The van der Waals surface area contributed by atoms with Gasteiger partial charge in [-0.15, -0.1) is 0 Å². The van der Waals surface area contributed by atoms with Gasteiger partial charge in [-0.2, -0.15) is 0 Å². The van der Waals surface area contributed by atoms with Gasteiger partial charge in [-0.1, -0.05) is 56.9 Å². The molecule has 2 aromatic rings. The van der Waals surface area contributed by atoms with Crippen LogP contribution in [0.25, 0.3) is 0 Å². The fraction of sp³-hybridized carbons (Fsp3) is 0.562. The summed E-state index contributed by atoms with van der Waals surface area (Å²) >= 11 is 0. The Morgan fingerprint density at radius 3 is 2.39 bits per heavy atom. The van der Waals surface area contributed by atoms with Crippen LogP contribution in [0, 0.1) is 0 Å². The molecule has 1 fully saturated rings. The van der Waals surface area contributed by atoms with Gasteiger partial charge in [-0.3, -0.25) is 9.59 Å². The first kappa shape index (κ1) is 28.0. The van der Waals surface area contributed by atoms with E-state index >= 15 is 0 Å². The van der Waals surface area contributed by atoms with E-state index in [9.17, 15) is 9.59 Å². The normalized spacial score (nSPS) is 21.4. The lowest BCUT2D eigenvalue weighted by atomic mass is 9.90. The van der Waals surface area contributed by atoms with Crippen LogP contribution in [0.1, 0.15) is 87.1 Å². The fourth-order valence-electron chi connectivity index (χ4n) is 5.85. The minimum Gasteiger partial charge on any atom is -0.497 e. The van der Waals surface area contributed by atoms with Gasteiger partial charge in [0, 0.05) is 19.6 Å². The second-order valence-corrected chi connectivity index (χ2v) is 10.7. The molecule has 0 unspecified atom stereocenters. The van der Waals surface area contributed by atoms with Gasteiger partial charge in [-0.25, -0.2) is 0 Å². The molecule has 0 aromatic heterocycles. The summed E-state index contributed by atoms with van der Waals surface area (Å²) in [7, 11) is 1.65. The number of benzene rings is 2. The number of nitrogens with zero attached hydrogens (tertiary/aromatic N) is 2. The molecule has 1 heterocycles. The van der Waals surface area contributed by atoms with Crippen LogP contribution < -0.4 is 9.47 Å². The van der Waals surface area contributed by atoms with Crippen molar-refractivity contribution in [1.29, 1.82) is 0 Å². The Morgan fingerprint density at radius 1 is 0.921 bits per heavy atom. The summed E-state index contributed by atoms with van der Waals surface area (Å²) in [6.45, 7) is 4.41. The zero-order valence-electron chi connectivity index (χ0n) is 23.2. The van der Waals surface area contributed by atoms with Crippen molar-refractivity contribution in [3.8, 4) is 11.5 Å². The van der Waals surface area contributed by atoms with E-state index in [1.807, 2.05) is 53.4 Å². The standard InChI is InChI=1S/C32H44N2O4/c1-3-21-33-22-11-5-4-6-12-23-34(31(35)24-25-17-19-26(37-2)20-18-25)28-14-8-10-16-30(28)38-29-15-9-7-13-27(29)32(33)36/h7,9,13,15,17-20,28,30H,3-6,8,10-12,14,16,21-24H2,1-2H3/t28-,30+/m1/s1. The van der Waals surface area contributed by atoms with Crippen LogP contribution in [0.3, 0.4) is 0 Å². The highest BCUT2D eigenvalue weighted by Crippen LogP contribution is 2.31. The number of carbonyl (C=O) groups is 2. The molecule has 2 amide bonds. The van der Waals surface area contributed by atoms with E-state index < -0.39 is 0 Å². The molecule has 206 valence electrons. The van der Waals surface area contributed by atoms with Crippen LogP contribution in [-0.4, -0.2) is 60.5 Å². The summed E-state index contributed by atoms with van der Waals surface area (Å²) in [5.41, 5.74) is 1.63. The topological polar surface area (TPSA) is 59.1 Å². The predicted molar refractivity (Wildman–Crippen MR) is 151 cm³/mol. The largest absolute Gasteiger partial charge is 0.497 e. The van der Waals surface area contributed by atoms with E-state index in [1.54, 1.807) is 7.11 Å². The lowest BCUT2D eigenvalue weighted by Crippen LogP contribution is -2.51. The highest BCUT2D eigenvalue weighted by atomic mass is 16.5. The molecule has 1 aliphatic carbocycles. The lowest BCUT2D eigenvalue weighted by Gasteiger charge is -2.40. The molecule has 6 heteroatoms. The van der Waals surface area contributed by atoms with Crippen LogP contribution in [0.2, 0.25) is 0 Å². The van der Waals surface area contributed by atoms with Crippen LogP contribution in [0.5, 0.6) is 11.5 Å². The SMILES string of the molecule is CCCN1CCCCCCCN(C(=O)Cc2ccc(OC)cc2)[C@@H]2CCCC[C@@H]2Oc2ccccc2C1=O. The average molecular weight is 521 g/mol. The van der Waals surface area contributed by atoms with E-state index in [4.69, 9.17) is 9.47 Å². The van der Waals surface area contributed by atoms with Crippen LogP contribution in [-0.2, 0) is 11.2 Å². The number of ether oxygens (including phenoxy) is 2. The molecule has 2 atom stereocenters. The number of amides is 2. The second kappa shape index (κ2) is 14.2. The average Bonchev–Trinajstić information content (AvgIpc) is 2.94. The van der Waals surface area contributed by atoms with Gasteiger partial charge in [0.05, 0.1) is 25.1 Å². The first-order valence-corrected chi connectivity index (χ1v) is 14.6. The Bertz CT molecular complexity index is 1040. The van der Waals surface area contributed by atoms with Crippen molar-refractivity contribution in [2.45, 2.75) is 89.7 Å². The fourth-order valence-corrected chi connectivity index (χ4v) is 5.85. The lowest BCUT2D eigenvalue weighted by molar-refractivity contribution is -0.136. The highest BCUT2D eigenvalue weighted by molar-refractivity contribution is 5.97. The molecular weight excluding hydrogens is 476 g/mol. The Balaban J connectivity index is 1.60. The minimum absolute atomic E-state index is 0.00882. The molecule has 6 nitrogen and oxygen atoms in total. The monoisotopic (exact) mass is 520 g/mol. The third kappa shape index (κ3) is 7.30. The van der Waals surface area contributed by atoms with Crippen molar-refractivity contribution < 1.29 is 19.1 Å². The molecule has 2 aliphatic rings. The molecule has 1 saturated carbocycles. The molecule has 0 spiro atoms. The third-order valence-corrected chi connectivity index (χ3v) is 7.91. The number of hydrogen-bond acceptors (Lipinski definition) is 4. The van der Waals surface area contributed by atoms with Crippen LogP contribution >= 0.6 is 0 Å². The first-order chi connectivity index (χ1) is 18.6. The Kier molecular flexibility index (Phi) is 10.5. The summed E-state index contributed by atoms with van der Waals surface area (Å²) in [5, 5.41) is 0. The van der Waals surface area contributed by atoms with Gasteiger partial charge in [-0.05, 0) is 68.4 Å². The summed E-state index contributed by atoms with van der Waals surface area (Å²) in [6, 6.07) is 15.5. The minimum atomic E-state index is -0.123. The Labute approximate surface area is 228 Å². The summed E-state index contributed by atoms with van der Waals surface area (Å²) in [4.78, 5) is 31.5. The van der Waals surface area contributed by atoms with Crippen LogP contribution in [0.15, 0.2) is 48.5 Å². The maximum absolute atomic E-state index is 13.8. The number of methoxy groups -OCH3 is 1. The molecule has 0 radical (unpaired) electrons. The van der Waals surface area contributed by atoms with Crippen LogP contribution in [0.4, 0.5) is 0 Å². The highest BCUT2D eigenvalue weighted by Gasteiger charge is 2.35. The molecule has 2 aromatic carbocycles. The summed E-state index contributed by atoms with van der Waals surface area (Å²) in [5.74, 6) is 1.64. The van der Waals surface area contributed by atoms with Gasteiger partial charge in [0.25, 0.3) is 5.91 Å². The number of para-hydroxylation sites is 1. The van der Waals surface area contributed by atoms with Gasteiger partial charge in [0.15, 0.2) is 0 Å². The zero-order chi connectivity index (χ0) is 26.7. The van der Waals surface area contributed by atoms with E-state index in [0.29, 0.717) is 17.7 Å². The van der Waals surface area contributed by atoms with Crippen molar-refractivity contribution in [2.75, 3.05) is 26.7 Å². The van der Waals surface area contributed by atoms with Gasteiger partial charge in [0.1, 0.15) is 17.6 Å². The quantitative estimate of drug-likeness (QED) is 0.466. The first-order valence-electron chi connectivity index (χ1n) is 14.6. The number of carbonyl (C=O) groups excluding carboxylic acids is 2. The van der Waals surface area contributed by atoms with E-state index in [0.717, 1.165) is 95.2 Å². The maximum atomic E-state index is 13.8. The van der Waals surface area contributed by atoms with Crippen molar-refractivity contribution >= 4 is 11.8 Å². The van der Waals surface area contributed by atoms with Crippen molar-refractivity contribution in [2.24, 2.45) is 0 Å². The number of fused-ring (bicyclic) bond motifs is 2. The van der Waals surface area contributed by atoms with Gasteiger partial charge >= 0.3 is 0 Å². The number of rotatable bonds is 5. The molecule has 4 rings (SSSR count). The van der Waals surface area contributed by atoms with Gasteiger partial charge in [0.2, 0.25) is 5.91 Å². The molecule has 0 bridgehead atoms. The Hall–Kier alpha value is -3.02. The van der Waals surface area contributed by atoms with Crippen molar-refractivity contribution in [1.82, 2.24) is 9.80 Å². The van der Waals surface area contributed by atoms with Gasteiger partial charge < -0.3 is 19.3 Å². The summed E-state index contributed by atoms with van der Waals surface area (Å²) in [6.07, 6.45) is 10.4. The molecular formula is C32H44N2O4. The van der Waals surface area contributed by atoms with E-state index in [-0.39, 0.29) is 24.0 Å². The van der Waals surface area contributed by atoms with E-state index in [2.05, 4.69) is 11.8 Å². The maximum Gasteiger partial charge on any atom is 0.257 e. The predicted octanol–water partition coefficient (Wildman–Crippen LogP) is 6.27. The molecule has 38 heavy (non-hydrogen) atoms. The van der Waals surface area contributed by atoms with Crippen molar-refractivity contribution in [3.63, 3.8) is 0 Å². The Morgan fingerprint density at radius 2 is 1.63 bits per heavy atom. The molecule has 0 N–H and O–H groups in total. The van der Waals surface area contributed by atoms with Crippen molar-refractivity contribution in [3.05, 3.63) is 59.7 Å². The van der Waals surface area contributed by atoms with E-state index in [1.165, 1.54) is 0 Å². The summed E-state index contributed by atoms with van der Waals surface area (Å²) < 4.78 is 12.0. The smallest absolute Gasteiger partial charge is 0.257 e. The molecule has 0 saturated heterocycles. The third-order valence-electron chi connectivity index (χ3n) is 7.91. The number of hydrogen-bond donors (Lipinski definition) is 0. The zero-order valence-corrected chi connectivity index (χ0v) is 23.2. The molecule has 1 aliphatic heterocycles. The second-order valence-electron chi connectivity index (χ2n) is 10.7.